The van der Waals surface area contributed by atoms with Gasteiger partial charge in [0.2, 0.25) is 0 Å². The zero-order valence-electron chi connectivity index (χ0n) is 13.6. The number of halogens is 2. The summed E-state index contributed by atoms with van der Waals surface area (Å²) in [4.78, 5) is 9.79. The van der Waals surface area contributed by atoms with Gasteiger partial charge in [-0.2, -0.15) is 0 Å². The standard InChI is InChI=1S/C16H15BrClNO6S/c1-2-3-9-4-11(17)6-14(16(9)21)26(24,25)8-10-5-12(18)7-13(15(10)20)19(22)23/h4-7,20-21H,2-3,8H2,1H3. The van der Waals surface area contributed by atoms with E-state index in [1.165, 1.54) is 6.07 Å². The van der Waals surface area contributed by atoms with E-state index in [0.29, 0.717) is 22.9 Å². The minimum absolute atomic E-state index is 0.0789. The van der Waals surface area contributed by atoms with E-state index in [1.807, 2.05) is 6.92 Å². The van der Waals surface area contributed by atoms with Crippen molar-refractivity contribution in [1.82, 2.24) is 0 Å². The highest BCUT2D eigenvalue weighted by molar-refractivity contribution is 9.10. The third kappa shape index (κ3) is 4.28. The molecule has 0 bridgehead atoms. The first-order valence-corrected chi connectivity index (χ1v) is 10.3. The Labute approximate surface area is 163 Å². The second-order valence-corrected chi connectivity index (χ2v) is 8.92. The molecular formula is C16H15BrClNO6S. The van der Waals surface area contributed by atoms with Crippen molar-refractivity contribution in [2.45, 2.75) is 30.4 Å². The van der Waals surface area contributed by atoms with E-state index in [-0.39, 0.29) is 21.2 Å². The second kappa shape index (κ2) is 7.81. The number of phenolic OH excluding ortho intramolecular Hbond substituents is 2. The molecule has 140 valence electrons. The summed E-state index contributed by atoms with van der Waals surface area (Å²) in [5, 5.41) is 31.2. The summed E-state index contributed by atoms with van der Waals surface area (Å²) < 4.78 is 26.0. The Morgan fingerprint density at radius 2 is 1.81 bits per heavy atom. The predicted molar refractivity (Wildman–Crippen MR) is 100 cm³/mol. The fourth-order valence-corrected chi connectivity index (χ4v) is 4.91. The maximum absolute atomic E-state index is 12.8. The molecule has 2 aromatic rings. The van der Waals surface area contributed by atoms with Crippen LogP contribution in [0.5, 0.6) is 11.5 Å². The summed E-state index contributed by atoms with van der Waals surface area (Å²) in [5.41, 5.74) is -0.449. The lowest BCUT2D eigenvalue weighted by Gasteiger charge is -2.12. The average Bonchev–Trinajstić information content (AvgIpc) is 2.53. The van der Waals surface area contributed by atoms with Crippen LogP contribution in [-0.2, 0) is 22.0 Å². The van der Waals surface area contributed by atoms with Crippen molar-refractivity contribution in [1.29, 1.82) is 0 Å². The molecule has 0 heterocycles. The number of nitrogens with zero attached hydrogens (tertiary/aromatic N) is 1. The molecule has 0 aliphatic carbocycles. The molecule has 2 rings (SSSR count). The summed E-state index contributed by atoms with van der Waals surface area (Å²) in [5.74, 6) is -1.90. The molecule has 0 atom stereocenters. The monoisotopic (exact) mass is 463 g/mol. The highest BCUT2D eigenvalue weighted by atomic mass is 79.9. The normalized spacial score (nSPS) is 11.5. The van der Waals surface area contributed by atoms with Gasteiger partial charge < -0.3 is 10.2 Å². The van der Waals surface area contributed by atoms with Gasteiger partial charge in [0.1, 0.15) is 10.6 Å². The fourth-order valence-electron chi connectivity index (χ4n) is 2.50. The number of aromatic hydroxyl groups is 2. The van der Waals surface area contributed by atoms with Crippen LogP contribution in [0.1, 0.15) is 24.5 Å². The summed E-state index contributed by atoms with van der Waals surface area (Å²) in [6.45, 7) is 1.89. The molecule has 0 aromatic heterocycles. The quantitative estimate of drug-likeness (QED) is 0.485. The lowest BCUT2D eigenvalue weighted by Crippen LogP contribution is -2.07. The van der Waals surface area contributed by atoms with Gasteiger partial charge in [-0.25, -0.2) is 8.42 Å². The van der Waals surface area contributed by atoms with Gasteiger partial charge in [-0.1, -0.05) is 40.9 Å². The topological polar surface area (TPSA) is 118 Å². The summed E-state index contributed by atoms with van der Waals surface area (Å²) in [7, 11) is -4.11. The molecule has 0 fully saturated rings. The number of aryl methyl sites for hydroxylation is 1. The highest BCUT2D eigenvalue weighted by Gasteiger charge is 2.27. The van der Waals surface area contributed by atoms with Crippen LogP contribution in [0.2, 0.25) is 5.02 Å². The first kappa shape index (κ1) is 20.5. The van der Waals surface area contributed by atoms with E-state index in [4.69, 9.17) is 11.6 Å². The van der Waals surface area contributed by atoms with Crippen LogP contribution in [0, 0.1) is 10.1 Å². The molecule has 0 spiro atoms. The molecule has 2 N–H and O–H groups in total. The fraction of sp³-hybridized carbons (Fsp3) is 0.250. The van der Waals surface area contributed by atoms with Crippen LogP contribution in [-0.4, -0.2) is 23.6 Å². The van der Waals surface area contributed by atoms with Gasteiger partial charge in [0.25, 0.3) is 0 Å². The highest BCUT2D eigenvalue weighted by Crippen LogP contribution is 2.38. The van der Waals surface area contributed by atoms with Gasteiger partial charge in [-0.3, -0.25) is 10.1 Å². The van der Waals surface area contributed by atoms with E-state index >= 15 is 0 Å². The lowest BCUT2D eigenvalue weighted by molar-refractivity contribution is -0.385. The molecule has 0 aliphatic rings. The molecule has 0 radical (unpaired) electrons. The minimum Gasteiger partial charge on any atom is -0.506 e. The van der Waals surface area contributed by atoms with Crippen molar-refractivity contribution in [3.63, 3.8) is 0 Å². The van der Waals surface area contributed by atoms with Crippen molar-refractivity contribution in [3.05, 3.63) is 55.0 Å². The minimum atomic E-state index is -4.11. The van der Waals surface area contributed by atoms with E-state index < -0.39 is 32.0 Å². The van der Waals surface area contributed by atoms with Crippen LogP contribution >= 0.6 is 27.5 Å². The van der Waals surface area contributed by atoms with Crippen molar-refractivity contribution >= 4 is 43.1 Å². The van der Waals surface area contributed by atoms with E-state index in [1.54, 1.807) is 6.07 Å². The first-order valence-electron chi connectivity index (χ1n) is 7.46. The Bertz CT molecular complexity index is 977. The Hall–Kier alpha value is -1.84. The third-order valence-corrected chi connectivity index (χ3v) is 6.00. The molecular weight excluding hydrogens is 450 g/mol. The molecule has 26 heavy (non-hydrogen) atoms. The van der Waals surface area contributed by atoms with Crippen LogP contribution in [0.25, 0.3) is 0 Å². The second-order valence-electron chi connectivity index (χ2n) is 5.61. The summed E-state index contributed by atoms with van der Waals surface area (Å²) >= 11 is 9.01. The van der Waals surface area contributed by atoms with Crippen LogP contribution < -0.4 is 0 Å². The van der Waals surface area contributed by atoms with Crippen molar-refractivity contribution in [3.8, 4) is 11.5 Å². The summed E-state index contributed by atoms with van der Waals surface area (Å²) in [6.07, 6.45) is 1.17. The number of phenols is 2. The Morgan fingerprint density at radius 1 is 1.15 bits per heavy atom. The first-order chi connectivity index (χ1) is 12.1. The number of rotatable bonds is 6. The Balaban J connectivity index is 2.56. The maximum Gasteiger partial charge on any atom is 0.312 e. The zero-order valence-corrected chi connectivity index (χ0v) is 16.7. The molecule has 0 saturated heterocycles. The predicted octanol–water partition coefficient (Wildman–Crippen LogP) is 4.35. The molecule has 10 heteroatoms. The number of sulfone groups is 1. The van der Waals surface area contributed by atoms with Crippen molar-refractivity contribution in [2.24, 2.45) is 0 Å². The largest absolute Gasteiger partial charge is 0.506 e. The maximum atomic E-state index is 12.8. The third-order valence-electron chi connectivity index (χ3n) is 3.65. The van der Waals surface area contributed by atoms with Crippen LogP contribution in [0.4, 0.5) is 5.69 Å². The average molecular weight is 465 g/mol. The summed E-state index contributed by atoms with van der Waals surface area (Å²) in [6, 6.07) is 4.95. The Kier molecular flexibility index (Phi) is 6.15. The van der Waals surface area contributed by atoms with Crippen molar-refractivity contribution in [2.75, 3.05) is 0 Å². The van der Waals surface area contributed by atoms with Crippen LogP contribution in [0.15, 0.2) is 33.6 Å². The zero-order chi connectivity index (χ0) is 19.6. The van der Waals surface area contributed by atoms with Crippen molar-refractivity contribution < 1.29 is 23.6 Å². The van der Waals surface area contributed by atoms with E-state index in [0.717, 1.165) is 12.1 Å². The number of hydrogen-bond donors (Lipinski definition) is 2. The molecule has 2 aromatic carbocycles. The number of nitro groups is 1. The molecule has 0 unspecified atom stereocenters. The molecule has 0 aliphatic heterocycles. The van der Waals surface area contributed by atoms with Gasteiger partial charge in [-0.05, 0) is 30.2 Å². The SMILES string of the molecule is CCCc1cc(Br)cc(S(=O)(=O)Cc2cc(Cl)cc([N+](=O)[O-])c2O)c1O. The van der Waals surface area contributed by atoms with Gasteiger partial charge in [-0.15, -0.1) is 0 Å². The van der Waals surface area contributed by atoms with E-state index in [9.17, 15) is 28.7 Å². The molecule has 0 amide bonds. The van der Waals surface area contributed by atoms with Crippen LogP contribution in [0.3, 0.4) is 0 Å². The number of nitro benzene ring substituents is 1. The molecule has 7 nitrogen and oxygen atoms in total. The number of benzene rings is 2. The van der Waals surface area contributed by atoms with Gasteiger partial charge in [0.15, 0.2) is 15.6 Å². The van der Waals surface area contributed by atoms with E-state index in [2.05, 4.69) is 15.9 Å². The van der Waals surface area contributed by atoms with Gasteiger partial charge >= 0.3 is 5.69 Å². The van der Waals surface area contributed by atoms with Gasteiger partial charge in [0.05, 0.1) is 10.7 Å². The lowest BCUT2D eigenvalue weighted by atomic mass is 10.1. The van der Waals surface area contributed by atoms with Gasteiger partial charge in [0, 0.05) is 21.1 Å². The number of hydrogen-bond acceptors (Lipinski definition) is 6. The Morgan fingerprint density at radius 3 is 2.38 bits per heavy atom. The smallest absolute Gasteiger partial charge is 0.312 e. The molecule has 0 saturated carbocycles.